The molecule has 0 saturated carbocycles. The molecule has 0 bridgehead atoms. The first kappa shape index (κ1) is 16.4. The summed E-state index contributed by atoms with van der Waals surface area (Å²) in [6.07, 6.45) is 1.62. The number of nitrogens with zero attached hydrogens (tertiary/aromatic N) is 2. The highest BCUT2D eigenvalue weighted by atomic mass is 35.5. The third kappa shape index (κ3) is 4.49. The number of carboxylic acid groups (broad SMARTS) is 1. The molecule has 1 heterocycles. The summed E-state index contributed by atoms with van der Waals surface area (Å²) in [5.41, 5.74) is 1.12. The van der Waals surface area contributed by atoms with Crippen LogP contribution in [0.2, 0.25) is 5.15 Å². The minimum atomic E-state index is -1.04. The van der Waals surface area contributed by atoms with E-state index in [0.717, 1.165) is 18.5 Å². The van der Waals surface area contributed by atoms with Gasteiger partial charge in [-0.2, -0.15) is 0 Å². The van der Waals surface area contributed by atoms with E-state index >= 15 is 0 Å². The number of aliphatic carboxylic acids is 1. The van der Waals surface area contributed by atoms with Gasteiger partial charge < -0.3 is 10.0 Å². The fourth-order valence-corrected chi connectivity index (χ4v) is 2.09. The predicted molar refractivity (Wildman–Crippen MR) is 77.1 cm³/mol. The summed E-state index contributed by atoms with van der Waals surface area (Å²) in [6.45, 7) is 5.22. The van der Waals surface area contributed by atoms with Gasteiger partial charge in [-0.15, -0.1) is 0 Å². The van der Waals surface area contributed by atoms with E-state index in [1.165, 1.54) is 11.0 Å². The number of hydrogen-bond donors (Lipinski definition) is 1. The van der Waals surface area contributed by atoms with Crippen LogP contribution in [0.3, 0.4) is 0 Å². The number of carbonyl (C=O) groups excluding carboxylic acids is 1. The normalized spacial score (nSPS) is 10.7. The van der Waals surface area contributed by atoms with Crippen LogP contribution in [0.5, 0.6) is 0 Å². The summed E-state index contributed by atoms with van der Waals surface area (Å²) in [5.74, 6) is -1.38. The minimum Gasteiger partial charge on any atom is -0.480 e. The molecule has 6 heteroatoms. The molecule has 0 aromatic carbocycles. The number of rotatable bonds is 6. The first-order chi connectivity index (χ1) is 9.35. The highest BCUT2D eigenvalue weighted by Crippen LogP contribution is 2.15. The van der Waals surface area contributed by atoms with Crippen LogP contribution in [0.1, 0.15) is 43.2 Å². The molecule has 1 rings (SSSR count). The predicted octanol–water partition coefficient (Wildman–Crippen LogP) is 2.62. The fraction of sp³-hybridized carbons (Fsp3) is 0.500. The lowest BCUT2D eigenvalue weighted by Gasteiger charge is -2.25. The Bertz CT molecular complexity index is 503. The number of halogens is 1. The van der Waals surface area contributed by atoms with Crippen molar-refractivity contribution in [3.05, 3.63) is 28.5 Å². The average molecular weight is 299 g/mol. The summed E-state index contributed by atoms with van der Waals surface area (Å²) in [7, 11) is 0. The number of aryl methyl sites for hydroxylation is 1. The van der Waals surface area contributed by atoms with E-state index in [4.69, 9.17) is 16.7 Å². The molecule has 110 valence electrons. The smallest absolute Gasteiger partial charge is 0.323 e. The zero-order chi connectivity index (χ0) is 15.3. The van der Waals surface area contributed by atoms with Crippen LogP contribution < -0.4 is 0 Å². The molecule has 0 aliphatic heterocycles. The Kier molecular flexibility index (Phi) is 5.95. The summed E-state index contributed by atoms with van der Waals surface area (Å²) in [6, 6.07) is 2.94. The molecule has 0 unspecified atom stereocenters. The molecule has 0 spiro atoms. The first-order valence-corrected chi connectivity index (χ1v) is 6.92. The molecule has 1 N–H and O–H groups in total. The maximum Gasteiger partial charge on any atom is 0.323 e. The first-order valence-electron chi connectivity index (χ1n) is 6.54. The Balaban J connectivity index is 3.07. The van der Waals surface area contributed by atoms with Gasteiger partial charge in [0.1, 0.15) is 11.7 Å². The maximum absolute atomic E-state index is 12.4. The van der Waals surface area contributed by atoms with E-state index in [0.29, 0.717) is 5.56 Å². The Morgan fingerprint density at radius 2 is 2.05 bits per heavy atom. The largest absolute Gasteiger partial charge is 0.480 e. The van der Waals surface area contributed by atoms with E-state index in [1.54, 1.807) is 19.9 Å². The van der Waals surface area contributed by atoms with Gasteiger partial charge in [-0.1, -0.05) is 24.9 Å². The van der Waals surface area contributed by atoms with Crippen LogP contribution in [0.4, 0.5) is 0 Å². The van der Waals surface area contributed by atoms with Crippen molar-refractivity contribution in [1.82, 2.24) is 9.88 Å². The number of carbonyl (C=O) groups is 2. The number of pyridine rings is 1. The Hall–Kier alpha value is -1.62. The standard InChI is InChI=1S/C14H19ClN2O3/c1-4-5-11-6-10(7-12(15)16-11)14(20)17(9(2)3)8-13(18)19/h6-7,9H,4-5,8H2,1-3H3,(H,18,19). The van der Waals surface area contributed by atoms with Crippen molar-refractivity contribution in [3.63, 3.8) is 0 Å². The number of aromatic nitrogens is 1. The van der Waals surface area contributed by atoms with Gasteiger partial charge >= 0.3 is 5.97 Å². The Morgan fingerprint density at radius 3 is 2.55 bits per heavy atom. The SMILES string of the molecule is CCCc1cc(C(=O)N(CC(=O)O)C(C)C)cc(Cl)n1. The highest BCUT2D eigenvalue weighted by Gasteiger charge is 2.22. The average Bonchev–Trinajstić information content (AvgIpc) is 2.34. The highest BCUT2D eigenvalue weighted by molar-refractivity contribution is 6.29. The second kappa shape index (κ2) is 7.24. The number of carboxylic acids is 1. The monoisotopic (exact) mass is 298 g/mol. The van der Waals surface area contributed by atoms with Gasteiger partial charge in [-0.05, 0) is 32.4 Å². The van der Waals surface area contributed by atoms with Gasteiger partial charge in [0.25, 0.3) is 5.91 Å². The second-order valence-corrected chi connectivity index (χ2v) is 5.23. The third-order valence-corrected chi connectivity index (χ3v) is 2.98. The third-order valence-electron chi connectivity index (χ3n) is 2.79. The van der Waals surface area contributed by atoms with Gasteiger partial charge in [0.05, 0.1) is 0 Å². The van der Waals surface area contributed by atoms with E-state index in [-0.39, 0.29) is 23.6 Å². The van der Waals surface area contributed by atoms with Crippen molar-refractivity contribution in [2.24, 2.45) is 0 Å². The number of hydrogen-bond acceptors (Lipinski definition) is 3. The second-order valence-electron chi connectivity index (χ2n) is 4.84. The molecule has 0 aliphatic carbocycles. The van der Waals surface area contributed by atoms with Gasteiger partial charge in [-0.25, -0.2) is 4.98 Å². The Morgan fingerprint density at radius 1 is 1.40 bits per heavy atom. The Labute approximate surface area is 123 Å². The minimum absolute atomic E-state index is 0.208. The van der Waals surface area contributed by atoms with Gasteiger partial charge in [0, 0.05) is 17.3 Å². The van der Waals surface area contributed by atoms with Gasteiger partial charge in [0.15, 0.2) is 0 Å². The number of amides is 1. The molecule has 0 atom stereocenters. The van der Waals surface area contributed by atoms with Crippen LogP contribution in [-0.2, 0) is 11.2 Å². The van der Waals surface area contributed by atoms with E-state index in [9.17, 15) is 9.59 Å². The zero-order valence-corrected chi connectivity index (χ0v) is 12.6. The topological polar surface area (TPSA) is 70.5 Å². The molecule has 1 aromatic rings. The summed E-state index contributed by atoms with van der Waals surface area (Å²) in [5, 5.41) is 9.14. The van der Waals surface area contributed by atoms with Crippen molar-refractivity contribution in [3.8, 4) is 0 Å². The molecular formula is C14H19ClN2O3. The molecule has 0 radical (unpaired) electrons. The molecule has 0 fully saturated rings. The summed E-state index contributed by atoms with van der Waals surface area (Å²) in [4.78, 5) is 28.7. The van der Waals surface area contributed by atoms with E-state index in [1.807, 2.05) is 6.92 Å². The van der Waals surface area contributed by atoms with Gasteiger partial charge in [0.2, 0.25) is 0 Å². The van der Waals surface area contributed by atoms with Crippen molar-refractivity contribution in [2.75, 3.05) is 6.54 Å². The van der Waals surface area contributed by atoms with Crippen molar-refractivity contribution in [2.45, 2.75) is 39.7 Å². The van der Waals surface area contributed by atoms with E-state index in [2.05, 4.69) is 4.98 Å². The quantitative estimate of drug-likeness (QED) is 0.820. The van der Waals surface area contributed by atoms with Gasteiger partial charge in [-0.3, -0.25) is 9.59 Å². The molecule has 5 nitrogen and oxygen atoms in total. The fourth-order valence-electron chi connectivity index (χ4n) is 1.86. The van der Waals surface area contributed by atoms with Crippen LogP contribution in [-0.4, -0.2) is 39.5 Å². The van der Waals surface area contributed by atoms with Crippen LogP contribution in [0.25, 0.3) is 0 Å². The molecule has 1 amide bonds. The van der Waals surface area contributed by atoms with Crippen molar-refractivity contribution in [1.29, 1.82) is 0 Å². The zero-order valence-electron chi connectivity index (χ0n) is 11.9. The molecule has 0 aliphatic rings. The summed E-state index contributed by atoms with van der Waals surface area (Å²) >= 11 is 5.92. The van der Waals surface area contributed by atoms with Crippen LogP contribution >= 0.6 is 11.6 Å². The van der Waals surface area contributed by atoms with Crippen molar-refractivity contribution >= 4 is 23.5 Å². The molecule has 20 heavy (non-hydrogen) atoms. The van der Waals surface area contributed by atoms with Crippen LogP contribution in [0, 0.1) is 0 Å². The summed E-state index contributed by atoms with van der Waals surface area (Å²) < 4.78 is 0. The van der Waals surface area contributed by atoms with Crippen molar-refractivity contribution < 1.29 is 14.7 Å². The molecule has 1 aromatic heterocycles. The maximum atomic E-state index is 12.4. The lowest BCUT2D eigenvalue weighted by molar-refractivity contribution is -0.138. The lowest BCUT2D eigenvalue weighted by Crippen LogP contribution is -2.40. The molecule has 0 saturated heterocycles. The van der Waals surface area contributed by atoms with E-state index < -0.39 is 5.97 Å². The lowest BCUT2D eigenvalue weighted by atomic mass is 10.1. The van der Waals surface area contributed by atoms with Crippen LogP contribution in [0.15, 0.2) is 12.1 Å². The molecular weight excluding hydrogens is 280 g/mol.